The van der Waals surface area contributed by atoms with Crippen molar-refractivity contribution in [1.29, 1.82) is 0 Å². The van der Waals surface area contributed by atoms with Gasteiger partial charge in [-0.3, -0.25) is 4.79 Å². The largest absolute Gasteiger partial charge is 0.496 e. The lowest BCUT2D eigenvalue weighted by Gasteiger charge is -2.14. The predicted molar refractivity (Wildman–Crippen MR) is 82.1 cm³/mol. The molecule has 23 heavy (non-hydrogen) atoms. The van der Waals surface area contributed by atoms with E-state index in [4.69, 9.17) is 14.3 Å². The van der Waals surface area contributed by atoms with Gasteiger partial charge in [-0.25, -0.2) is 4.79 Å². The molecule has 6 nitrogen and oxygen atoms in total. The standard InChI is InChI=1S/C17H18O6/c1-3-10-8-11(4-6-14(10)22-2)13(16(18)19)9-12-5-7-15(23-12)17(20)21/h4-8,13H,3,9H2,1-2H3,(H,18,19)(H,20,21). The van der Waals surface area contributed by atoms with Crippen molar-refractivity contribution >= 4 is 11.9 Å². The van der Waals surface area contributed by atoms with E-state index in [0.29, 0.717) is 23.5 Å². The number of aliphatic carboxylic acids is 1. The second-order valence-electron chi connectivity index (χ2n) is 5.09. The Morgan fingerprint density at radius 2 is 1.96 bits per heavy atom. The lowest BCUT2D eigenvalue weighted by Crippen LogP contribution is -2.14. The molecule has 0 saturated heterocycles. The zero-order valence-electron chi connectivity index (χ0n) is 12.9. The van der Waals surface area contributed by atoms with Gasteiger partial charge in [-0.15, -0.1) is 0 Å². The van der Waals surface area contributed by atoms with Crippen LogP contribution >= 0.6 is 0 Å². The molecule has 0 aliphatic carbocycles. The smallest absolute Gasteiger partial charge is 0.371 e. The molecule has 0 radical (unpaired) electrons. The third kappa shape index (κ3) is 3.71. The molecule has 1 aromatic heterocycles. The SMILES string of the molecule is CCc1cc(C(Cc2ccc(C(=O)O)o2)C(=O)O)ccc1OC. The van der Waals surface area contributed by atoms with E-state index in [9.17, 15) is 14.7 Å². The van der Waals surface area contributed by atoms with Crippen LogP contribution in [0, 0.1) is 0 Å². The van der Waals surface area contributed by atoms with E-state index < -0.39 is 17.9 Å². The first-order valence-corrected chi connectivity index (χ1v) is 7.17. The van der Waals surface area contributed by atoms with Crippen molar-refractivity contribution in [2.45, 2.75) is 25.7 Å². The zero-order chi connectivity index (χ0) is 17.0. The van der Waals surface area contributed by atoms with E-state index in [-0.39, 0.29) is 12.2 Å². The lowest BCUT2D eigenvalue weighted by atomic mass is 9.92. The second kappa shape index (κ2) is 7.00. The molecule has 0 amide bonds. The highest BCUT2D eigenvalue weighted by molar-refractivity contribution is 5.84. The summed E-state index contributed by atoms with van der Waals surface area (Å²) >= 11 is 0. The molecule has 6 heteroatoms. The molecule has 1 heterocycles. The monoisotopic (exact) mass is 318 g/mol. The van der Waals surface area contributed by atoms with Crippen LogP contribution in [0.5, 0.6) is 5.75 Å². The Balaban J connectivity index is 2.31. The van der Waals surface area contributed by atoms with Crippen LogP contribution < -0.4 is 4.74 Å². The molecular formula is C17H18O6. The minimum Gasteiger partial charge on any atom is -0.496 e. The zero-order valence-corrected chi connectivity index (χ0v) is 12.9. The number of aryl methyl sites for hydroxylation is 1. The summed E-state index contributed by atoms with van der Waals surface area (Å²) in [6, 6.07) is 8.07. The number of carbonyl (C=O) groups is 2. The normalized spacial score (nSPS) is 11.9. The summed E-state index contributed by atoms with van der Waals surface area (Å²) in [6.07, 6.45) is 0.797. The van der Waals surface area contributed by atoms with Gasteiger partial charge in [0.15, 0.2) is 0 Å². The third-order valence-corrected chi connectivity index (χ3v) is 3.66. The summed E-state index contributed by atoms with van der Waals surface area (Å²) in [5, 5.41) is 18.4. The van der Waals surface area contributed by atoms with Crippen LogP contribution in [0.15, 0.2) is 34.7 Å². The number of furan rings is 1. The average molecular weight is 318 g/mol. The molecular weight excluding hydrogens is 300 g/mol. The van der Waals surface area contributed by atoms with Crippen LogP contribution in [-0.2, 0) is 17.6 Å². The molecule has 0 bridgehead atoms. The molecule has 122 valence electrons. The number of methoxy groups -OCH3 is 1. The first-order chi connectivity index (χ1) is 11.0. The fourth-order valence-electron chi connectivity index (χ4n) is 2.44. The Labute approximate surface area is 133 Å². The van der Waals surface area contributed by atoms with Gasteiger partial charge in [0, 0.05) is 6.42 Å². The van der Waals surface area contributed by atoms with Crippen LogP contribution in [0.4, 0.5) is 0 Å². The highest BCUT2D eigenvalue weighted by atomic mass is 16.5. The van der Waals surface area contributed by atoms with Crippen molar-refractivity contribution in [3.8, 4) is 5.75 Å². The van der Waals surface area contributed by atoms with Gasteiger partial charge in [-0.05, 0) is 35.7 Å². The number of benzene rings is 1. The molecule has 1 atom stereocenters. The van der Waals surface area contributed by atoms with E-state index in [2.05, 4.69) is 0 Å². The number of carboxylic acids is 2. The molecule has 0 aliphatic heterocycles. The lowest BCUT2D eigenvalue weighted by molar-refractivity contribution is -0.138. The van der Waals surface area contributed by atoms with Crippen LogP contribution in [0.2, 0.25) is 0 Å². The third-order valence-electron chi connectivity index (χ3n) is 3.66. The molecule has 1 unspecified atom stereocenters. The number of rotatable bonds is 7. The number of aromatic carboxylic acids is 1. The Hall–Kier alpha value is -2.76. The molecule has 0 saturated carbocycles. The predicted octanol–water partition coefficient (Wildman–Crippen LogP) is 2.96. The first-order valence-electron chi connectivity index (χ1n) is 7.17. The molecule has 2 rings (SSSR count). The summed E-state index contributed by atoms with van der Waals surface area (Å²) in [4.78, 5) is 22.4. The van der Waals surface area contributed by atoms with Crippen molar-refractivity contribution < 1.29 is 29.0 Å². The molecule has 2 aromatic rings. The summed E-state index contributed by atoms with van der Waals surface area (Å²) in [6.45, 7) is 1.96. The van der Waals surface area contributed by atoms with Crippen LogP contribution in [0.1, 0.15) is 40.3 Å². The molecule has 2 N–H and O–H groups in total. The minimum absolute atomic E-state index is 0.0814. The van der Waals surface area contributed by atoms with Crippen LogP contribution in [0.3, 0.4) is 0 Å². The topological polar surface area (TPSA) is 97.0 Å². The van der Waals surface area contributed by atoms with Gasteiger partial charge >= 0.3 is 11.9 Å². The van der Waals surface area contributed by atoms with E-state index in [0.717, 1.165) is 5.56 Å². The molecule has 1 aromatic carbocycles. The minimum atomic E-state index is -1.18. The van der Waals surface area contributed by atoms with E-state index in [1.165, 1.54) is 12.1 Å². The maximum Gasteiger partial charge on any atom is 0.371 e. The molecule has 0 aliphatic rings. The van der Waals surface area contributed by atoms with Gasteiger partial charge in [0.25, 0.3) is 0 Å². The van der Waals surface area contributed by atoms with E-state index in [1.54, 1.807) is 25.3 Å². The fraction of sp³-hybridized carbons (Fsp3) is 0.294. The second-order valence-corrected chi connectivity index (χ2v) is 5.09. The quantitative estimate of drug-likeness (QED) is 0.814. The van der Waals surface area contributed by atoms with Crippen molar-refractivity contribution in [1.82, 2.24) is 0 Å². The Morgan fingerprint density at radius 1 is 1.22 bits per heavy atom. The van der Waals surface area contributed by atoms with Crippen molar-refractivity contribution in [3.63, 3.8) is 0 Å². The van der Waals surface area contributed by atoms with Crippen molar-refractivity contribution in [2.24, 2.45) is 0 Å². The van der Waals surface area contributed by atoms with E-state index in [1.807, 2.05) is 6.92 Å². The molecule has 0 spiro atoms. The van der Waals surface area contributed by atoms with Gasteiger partial charge in [-0.2, -0.15) is 0 Å². The van der Waals surface area contributed by atoms with Gasteiger partial charge in [0.2, 0.25) is 5.76 Å². The summed E-state index contributed by atoms with van der Waals surface area (Å²) in [7, 11) is 1.57. The summed E-state index contributed by atoms with van der Waals surface area (Å²) in [5.41, 5.74) is 1.55. The van der Waals surface area contributed by atoms with Gasteiger partial charge in [0.1, 0.15) is 11.5 Å². The van der Waals surface area contributed by atoms with Gasteiger partial charge < -0.3 is 19.4 Å². The Bertz CT molecular complexity index is 716. The van der Waals surface area contributed by atoms with Crippen molar-refractivity contribution in [2.75, 3.05) is 7.11 Å². The number of ether oxygens (including phenoxy) is 1. The number of hydrogen-bond acceptors (Lipinski definition) is 4. The van der Waals surface area contributed by atoms with Crippen LogP contribution in [0.25, 0.3) is 0 Å². The molecule has 0 fully saturated rings. The van der Waals surface area contributed by atoms with Gasteiger partial charge in [0.05, 0.1) is 13.0 Å². The Kier molecular flexibility index (Phi) is 5.05. The van der Waals surface area contributed by atoms with Crippen molar-refractivity contribution in [3.05, 3.63) is 53.0 Å². The first kappa shape index (κ1) is 16.6. The fourth-order valence-corrected chi connectivity index (χ4v) is 2.44. The Morgan fingerprint density at radius 3 is 2.48 bits per heavy atom. The van der Waals surface area contributed by atoms with Crippen LogP contribution in [-0.4, -0.2) is 29.3 Å². The highest BCUT2D eigenvalue weighted by Crippen LogP contribution is 2.28. The number of carboxylic acid groups (broad SMARTS) is 2. The maximum absolute atomic E-state index is 11.6. The van der Waals surface area contributed by atoms with Gasteiger partial charge in [-0.1, -0.05) is 19.1 Å². The highest BCUT2D eigenvalue weighted by Gasteiger charge is 2.23. The maximum atomic E-state index is 11.6. The average Bonchev–Trinajstić information content (AvgIpc) is 3.00. The summed E-state index contributed by atoms with van der Waals surface area (Å²) < 4.78 is 10.4. The van der Waals surface area contributed by atoms with E-state index >= 15 is 0 Å². The summed E-state index contributed by atoms with van der Waals surface area (Å²) in [5.74, 6) is -2.16. The number of hydrogen-bond donors (Lipinski definition) is 2.